The van der Waals surface area contributed by atoms with E-state index in [1.54, 1.807) is 0 Å². The van der Waals surface area contributed by atoms with Crippen molar-refractivity contribution in [1.82, 2.24) is 0 Å². The molecule has 358 valence electrons. The number of carbonyl (C=O) groups is 2. The van der Waals surface area contributed by atoms with E-state index in [0.29, 0.717) is 19.3 Å². The highest BCUT2D eigenvalue weighted by atomic mass is 31.2. The van der Waals surface area contributed by atoms with Gasteiger partial charge in [0.1, 0.15) is 43.2 Å². The first-order valence-electron chi connectivity index (χ1n) is 24.1. The van der Waals surface area contributed by atoms with E-state index >= 15 is 0 Å². The zero-order valence-electron chi connectivity index (χ0n) is 38.0. The van der Waals surface area contributed by atoms with Crippen LogP contribution in [0.1, 0.15) is 206 Å². The van der Waals surface area contributed by atoms with Crippen LogP contribution in [0.15, 0.2) is 24.3 Å². The maximum absolute atomic E-state index is 12.8. The summed E-state index contributed by atoms with van der Waals surface area (Å²) in [4.78, 5) is 35.7. The molecule has 1 aliphatic rings. The minimum absolute atomic E-state index is 0.0926. The second-order valence-corrected chi connectivity index (χ2v) is 18.4. The average molecular weight is 891 g/mol. The van der Waals surface area contributed by atoms with E-state index in [-0.39, 0.29) is 12.8 Å². The summed E-state index contributed by atoms with van der Waals surface area (Å²) in [7, 11) is -5.12. The number of esters is 2. The fourth-order valence-electron chi connectivity index (χ4n) is 7.39. The smallest absolute Gasteiger partial charge is 0.462 e. The molecule has 0 aromatic carbocycles. The lowest BCUT2D eigenvalue weighted by Crippen LogP contribution is -2.64. The summed E-state index contributed by atoms with van der Waals surface area (Å²) in [5, 5.41) is 50.2. The van der Waals surface area contributed by atoms with Crippen LogP contribution in [0.25, 0.3) is 0 Å². The van der Waals surface area contributed by atoms with Crippen molar-refractivity contribution in [1.29, 1.82) is 0 Å². The van der Waals surface area contributed by atoms with E-state index in [1.165, 1.54) is 122 Å². The molecule has 1 rings (SSSR count). The van der Waals surface area contributed by atoms with Gasteiger partial charge in [0.2, 0.25) is 0 Å². The number of hydrogen-bond donors (Lipinski definition) is 6. The maximum Gasteiger partial charge on any atom is 0.472 e. The molecule has 0 aliphatic heterocycles. The van der Waals surface area contributed by atoms with Crippen LogP contribution < -0.4 is 0 Å². The summed E-state index contributed by atoms with van der Waals surface area (Å²) in [5.74, 6) is -1.14. The van der Waals surface area contributed by atoms with Crippen LogP contribution >= 0.6 is 7.82 Å². The first kappa shape index (κ1) is 57.3. The van der Waals surface area contributed by atoms with E-state index in [9.17, 15) is 44.6 Å². The molecule has 0 bridgehead atoms. The lowest BCUT2D eigenvalue weighted by Gasteiger charge is -2.41. The third-order valence-electron chi connectivity index (χ3n) is 11.3. The molecular formula is C47H87O13P. The van der Waals surface area contributed by atoms with E-state index in [1.807, 2.05) is 6.08 Å². The van der Waals surface area contributed by atoms with Crippen molar-refractivity contribution in [2.75, 3.05) is 13.2 Å². The number of aliphatic hydroxyl groups is 5. The van der Waals surface area contributed by atoms with E-state index in [0.717, 1.165) is 38.5 Å². The van der Waals surface area contributed by atoms with Crippen molar-refractivity contribution < 1.29 is 63.1 Å². The molecule has 1 fully saturated rings. The fraction of sp³-hybridized carbons (Fsp3) is 0.872. The summed E-state index contributed by atoms with van der Waals surface area (Å²) < 4.78 is 33.5. The van der Waals surface area contributed by atoms with Crippen LogP contribution in [0.4, 0.5) is 0 Å². The van der Waals surface area contributed by atoms with Crippen molar-refractivity contribution in [3.8, 4) is 0 Å². The first-order chi connectivity index (χ1) is 29.4. The van der Waals surface area contributed by atoms with E-state index in [4.69, 9.17) is 18.5 Å². The molecule has 6 unspecified atom stereocenters. The SMILES string of the molecule is CCCCCCCCCCC/C=C/C/C=C/CCCC(=O)OC[C@@H](COP(=O)(O)OC1C(O)C(O)C(O)[C@H](O)C1O)OC(=O)CCCCCCCCCCCCCCCCC. The summed E-state index contributed by atoms with van der Waals surface area (Å²) in [6.07, 6.45) is 28.1. The van der Waals surface area contributed by atoms with Crippen LogP contribution in [0.3, 0.4) is 0 Å². The summed E-state index contributed by atoms with van der Waals surface area (Å²) in [6, 6.07) is 0. The highest BCUT2D eigenvalue weighted by Crippen LogP contribution is 2.47. The molecule has 0 amide bonds. The van der Waals surface area contributed by atoms with Gasteiger partial charge in [0, 0.05) is 12.8 Å². The van der Waals surface area contributed by atoms with Gasteiger partial charge in [-0.05, 0) is 38.5 Å². The molecule has 0 spiro atoms. The monoisotopic (exact) mass is 891 g/mol. The molecule has 6 N–H and O–H groups in total. The van der Waals surface area contributed by atoms with Gasteiger partial charge in [-0.1, -0.05) is 179 Å². The molecule has 0 saturated heterocycles. The van der Waals surface area contributed by atoms with Crippen LogP contribution in [0, 0.1) is 0 Å². The zero-order chi connectivity index (χ0) is 45.0. The third kappa shape index (κ3) is 30.2. The van der Waals surface area contributed by atoms with Gasteiger partial charge in [-0.25, -0.2) is 4.57 Å². The molecule has 0 aromatic rings. The van der Waals surface area contributed by atoms with Gasteiger partial charge >= 0.3 is 19.8 Å². The van der Waals surface area contributed by atoms with Crippen LogP contribution in [0.2, 0.25) is 0 Å². The second kappa shape index (κ2) is 37.7. The lowest BCUT2D eigenvalue weighted by atomic mass is 9.85. The number of carbonyl (C=O) groups excluding carboxylic acids is 2. The molecule has 0 radical (unpaired) electrons. The number of aliphatic hydroxyl groups excluding tert-OH is 5. The predicted octanol–water partition coefficient (Wildman–Crippen LogP) is 9.62. The number of ether oxygens (including phenoxy) is 2. The molecule has 13 nitrogen and oxygen atoms in total. The lowest BCUT2D eigenvalue weighted by molar-refractivity contribution is -0.220. The van der Waals surface area contributed by atoms with Crippen molar-refractivity contribution in [2.45, 2.75) is 249 Å². The number of phosphoric ester groups is 1. The first-order valence-corrected chi connectivity index (χ1v) is 25.6. The van der Waals surface area contributed by atoms with Gasteiger partial charge in [-0.2, -0.15) is 0 Å². The minimum Gasteiger partial charge on any atom is -0.462 e. The van der Waals surface area contributed by atoms with Crippen LogP contribution in [-0.4, -0.2) is 98.3 Å². The number of hydrogen-bond acceptors (Lipinski definition) is 12. The molecule has 0 heterocycles. The number of phosphoric acid groups is 1. The molecule has 1 aliphatic carbocycles. The summed E-state index contributed by atoms with van der Waals surface area (Å²) in [6.45, 7) is 3.28. The Balaban J connectivity index is 2.46. The minimum atomic E-state index is -5.12. The maximum atomic E-state index is 12.8. The predicted molar refractivity (Wildman–Crippen MR) is 240 cm³/mol. The van der Waals surface area contributed by atoms with Gasteiger partial charge in [0.05, 0.1) is 6.61 Å². The molecule has 1 saturated carbocycles. The van der Waals surface area contributed by atoms with Gasteiger partial charge in [-0.15, -0.1) is 0 Å². The van der Waals surface area contributed by atoms with Crippen molar-refractivity contribution >= 4 is 19.8 Å². The zero-order valence-corrected chi connectivity index (χ0v) is 38.9. The van der Waals surface area contributed by atoms with Crippen molar-refractivity contribution in [2.24, 2.45) is 0 Å². The van der Waals surface area contributed by atoms with Crippen LogP contribution in [-0.2, 0) is 32.7 Å². The largest absolute Gasteiger partial charge is 0.472 e. The fourth-order valence-corrected chi connectivity index (χ4v) is 8.36. The Morgan fingerprint density at radius 3 is 1.38 bits per heavy atom. The number of unbranched alkanes of at least 4 members (excludes halogenated alkanes) is 24. The normalized spacial score (nSPS) is 22.2. The quantitative estimate of drug-likeness (QED) is 0.0147. The van der Waals surface area contributed by atoms with Gasteiger partial charge in [0.25, 0.3) is 0 Å². The van der Waals surface area contributed by atoms with Crippen molar-refractivity contribution in [3.05, 3.63) is 24.3 Å². The molecule has 8 atom stereocenters. The molecule has 61 heavy (non-hydrogen) atoms. The van der Waals surface area contributed by atoms with E-state index < -0.39 is 75.7 Å². The third-order valence-corrected chi connectivity index (χ3v) is 12.3. The van der Waals surface area contributed by atoms with Gasteiger partial charge in [0.15, 0.2) is 6.10 Å². The Labute approximate surface area is 368 Å². The number of rotatable bonds is 40. The Bertz CT molecular complexity index is 1170. The molecular weight excluding hydrogens is 803 g/mol. The average Bonchev–Trinajstić information content (AvgIpc) is 3.24. The van der Waals surface area contributed by atoms with Gasteiger partial charge in [-0.3, -0.25) is 18.6 Å². The van der Waals surface area contributed by atoms with Gasteiger partial charge < -0.3 is 39.9 Å². The number of allylic oxidation sites excluding steroid dienone is 4. The Morgan fingerprint density at radius 1 is 0.508 bits per heavy atom. The van der Waals surface area contributed by atoms with Crippen LogP contribution in [0.5, 0.6) is 0 Å². The Hall–Kier alpha value is -1.67. The van der Waals surface area contributed by atoms with E-state index in [2.05, 4.69) is 32.1 Å². The highest BCUT2D eigenvalue weighted by Gasteiger charge is 2.51. The molecule has 0 aromatic heterocycles. The second-order valence-electron chi connectivity index (χ2n) is 17.0. The Kier molecular flexibility index (Phi) is 35.4. The Morgan fingerprint density at radius 2 is 0.902 bits per heavy atom. The standard InChI is InChI=1S/C47H87O13P/c1-3-5-7-9-11-13-15-17-19-20-22-23-25-27-29-31-33-35-40(48)57-37-39(38-58-61(55,56)60-47-45(53)43(51)42(50)44(52)46(47)54)59-41(49)36-34-32-30-28-26-24-21-18-16-14-12-10-8-6-4-2/h22-23,27,29,39,42-47,50-54H,3-21,24-26,28,30-38H2,1-2H3,(H,55,56)/b23-22+,29-27+/t39-,42?,43-,44?,45?,46?,47?/m0/s1. The molecule has 14 heteroatoms. The summed E-state index contributed by atoms with van der Waals surface area (Å²) >= 11 is 0. The summed E-state index contributed by atoms with van der Waals surface area (Å²) in [5.41, 5.74) is 0. The topological polar surface area (TPSA) is 210 Å². The highest BCUT2D eigenvalue weighted by molar-refractivity contribution is 7.47. The van der Waals surface area contributed by atoms with Crippen molar-refractivity contribution in [3.63, 3.8) is 0 Å².